The molecule has 0 radical (unpaired) electrons. The zero-order valence-corrected chi connectivity index (χ0v) is 16.2. The molecule has 2 amide bonds. The Labute approximate surface area is 163 Å². The van der Waals surface area contributed by atoms with Gasteiger partial charge < -0.3 is 19.9 Å². The van der Waals surface area contributed by atoms with Crippen LogP contribution in [-0.4, -0.2) is 50.0 Å². The number of benzene rings is 2. The highest BCUT2D eigenvalue weighted by atomic mass is 19.1. The normalized spacial score (nSPS) is 16.0. The lowest BCUT2D eigenvalue weighted by atomic mass is 10.1. The van der Waals surface area contributed by atoms with E-state index in [2.05, 4.69) is 10.2 Å². The van der Waals surface area contributed by atoms with Crippen LogP contribution in [0.4, 0.5) is 15.8 Å². The fourth-order valence-corrected chi connectivity index (χ4v) is 3.06. The molecular weight excluding hydrogens is 361 g/mol. The summed E-state index contributed by atoms with van der Waals surface area (Å²) in [6, 6.07) is 10.5. The van der Waals surface area contributed by atoms with E-state index in [0.717, 1.165) is 13.0 Å². The van der Waals surface area contributed by atoms with Crippen LogP contribution >= 0.6 is 0 Å². The Hall–Kier alpha value is -2.93. The summed E-state index contributed by atoms with van der Waals surface area (Å²) >= 11 is 0. The number of ether oxygens (including phenoxy) is 1. The molecule has 1 heterocycles. The Morgan fingerprint density at radius 1 is 1.21 bits per heavy atom. The quantitative estimate of drug-likeness (QED) is 0.830. The molecule has 0 saturated heterocycles. The Balaban J connectivity index is 1.80. The maximum atomic E-state index is 13.0. The van der Waals surface area contributed by atoms with Gasteiger partial charge in [0, 0.05) is 17.8 Å². The van der Waals surface area contributed by atoms with Crippen LogP contribution in [0.1, 0.15) is 23.7 Å². The molecule has 3 rings (SSSR count). The smallest absolute Gasteiger partial charge is 0.267 e. The van der Waals surface area contributed by atoms with E-state index in [4.69, 9.17) is 4.74 Å². The van der Waals surface area contributed by atoms with Crippen molar-refractivity contribution in [3.8, 4) is 5.75 Å². The number of fused-ring (bicyclic) bond motifs is 1. The average molecular weight is 385 g/mol. The SMILES string of the molecule is CC1Oc2ccc(NC(=O)c3ccc(F)cc3)cc2N(CCCN(C)C)C1=O. The first kappa shape index (κ1) is 19.8. The predicted molar refractivity (Wildman–Crippen MR) is 106 cm³/mol. The lowest BCUT2D eigenvalue weighted by Gasteiger charge is -2.33. The summed E-state index contributed by atoms with van der Waals surface area (Å²) in [5, 5.41) is 2.79. The number of nitrogens with zero attached hydrogens (tertiary/aromatic N) is 2. The van der Waals surface area contributed by atoms with Crippen LogP contribution in [0.25, 0.3) is 0 Å². The topological polar surface area (TPSA) is 61.9 Å². The van der Waals surface area contributed by atoms with Crippen LogP contribution in [-0.2, 0) is 4.79 Å². The van der Waals surface area contributed by atoms with Crippen LogP contribution in [0.3, 0.4) is 0 Å². The summed E-state index contributed by atoms with van der Waals surface area (Å²) in [7, 11) is 3.97. The highest BCUT2D eigenvalue weighted by Crippen LogP contribution is 2.36. The van der Waals surface area contributed by atoms with Crippen molar-refractivity contribution in [2.24, 2.45) is 0 Å². The molecule has 1 aliphatic rings. The van der Waals surface area contributed by atoms with Gasteiger partial charge in [-0.2, -0.15) is 0 Å². The predicted octanol–water partition coefficient (Wildman–Crippen LogP) is 3.14. The van der Waals surface area contributed by atoms with Gasteiger partial charge in [0.15, 0.2) is 6.10 Å². The van der Waals surface area contributed by atoms with E-state index in [0.29, 0.717) is 29.2 Å². The second-order valence-corrected chi connectivity index (χ2v) is 7.05. The third-order valence-electron chi connectivity index (χ3n) is 4.52. The molecular formula is C21H24FN3O3. The van der Waals surface area contributed by atoms with Crippen molar-refractivity contribution in [3.63, 3.8) is 0 Å². The molecule has 7 heteroatoms. The number of amides is 2. The van der Waals surface area contributed by atoms with Crippen molar-refractivity contribution >= 4 is 23.2 Å². The number of hydrogen-bond acceptors (Lipinski definition) is 4. The van der Waals surface area contributed by atoms with Crippen LogP contribution in [0.15, 0.2) is 42.5 Å². The molecule has 1 N–H and O–H groups in total. The van der Waals surface area contributed by atoms with Gasteiger partial charge in [0.1, 0.15) is 11.6 Å². The highest BCUT2D eigenvalue weighted by molar-refractivity contribution is 6.05. The Morgan fingerprint density at radius 2 is 1.93 bits per heavy atom. The molecule has 28 heavy (non-hydrogen) atoms. The second-order valence-electron chi connectivity index (χ2n) is 7.05. The standard InChI is InChI=1S/C21H24FN3O3/c1-14-21(27)25(12-4-11-24(2)3)18-13-17(9-10-19(18)28-14)23-20(26)15-5-7-16(22)8-6-15/h5-10,13-14H,4,11-12H2,1-3H3,(H,23,26). The largest absolute Gasteiger partial charge is 0.479 e. The first-order chi connectivity index (χ1) is 13.3. The minimum atomic E-state index is -0.550. The highest BCUT2D eigenvalue weighted by Gasteiger charge is 2.31. The molecule has 0 fully saturated rings. The monoisotopic (exact) mass is 385 g/mol. The molecule has 2 aromatic carbocycles. The molecule has 2 aromatic rings. The van der Waals surface area contributed by atoms with Gasteiger partial charge in [0.2, 0.25) is 0 Å². The van der Waals surface area contributed by atoms with E-state index in [1.54, 1.807) is 30.0 Å². The molecule has 0 bridgehead atoms. The molecule has 148 valence electrons. The van der Waals surface area contributed by atoms with Crippen LogP contribution < -0.4 is 15.0 Å². The number of carbonyl (C=O) groups is 2. The van der Waals surface area contributed by atoms with Gasteiger partial charge in [0.05, 0.1) is 5.69 Å². The molecule has 0 aromatic heterocycles. The van der Waals surface area contributed by atoms with Gasteiger partial charge in [-0.15, -0.1) is 0 Å². The second kappa shape index (κ2) is 8.39. The number of nitrogens with one attached hydrogen (secondary N) is 1. The van der Waals surface area contributed by atoms with E-state index in [1.165, 1.54) is 24.3 Å². The number of anilines is 2. The number of halogens is 1. The Bertz CT molecular complexity index is 868. The fraction of sp³-hybridized carbons (Fsp3) is 0.333. The molecule has 0 aliphatic carbocycles. The van der Waals surface area contributed by atoms with Crippen molar-refractivity contribution in [2.75, 3.05) is 37.4 Å². The van der Waals surface area contributed by atoms with Gasteiger partial charge in [-0.3, -0.25) is 9.59 Å². The van der Waals surface area contributed by atoms with Gasteiger partial charge in [-0.1, -0.05) is 0 Å². The van der Waals surface area contributed by atoms with E-state index in [9.17, 15) is 14.0 Å². The molecule has 0 spiro atoms. The summed E-state index contributed by atoms with van der Waals surface area (Å²) in [5.74, 6) is -0.246. The van der Waals surface area contributed by atoms with Crippen LogP contribution in [0, 0.1) is 5.82 Å². The Morgan fingerprint density at radius 3 is 2.61 bits per heavy atom. The van der Waals surface area contributed by atoms with Gasteiger partial charge in [-0.25, -0.2) is 4.39 Å². The third kappa shape index (κ3) is 4.48. The van der Waals surface area contributed by atoms with Crippen molar-refractivity contribution in [1.82, 2.24) is 4.90 Å². The molecule has 1 atom stereocenters. The van der Waals surface area contributed by atoms with Gasteiger partial charge in [-0.05, 0) is 76.4 Å². The van der Waals surface area contributed by atoms with Gasteiger partial charge in [0.25, 0.3) is 11.8 Å². The zero-order chi connectivity index (χ0) is 20.3. The number of rotatable bonds is 6. The summed E-state index contributed by atoms with van der Waals surface area (Å²) in [5.41, 5.74) is 1.53. The van der Waals surface area contributed by atoms with E-state index in [1.807, 2.05) is 14.1 Å². The van der Waals surface area contributed by atoms with Crippen molar-refractivity contribution in [3.05, 3.63) is 53.8 Å². The maximum Gasteiger partial charge on any atom is 0.267 e. The van der Waals surface area contributed by atoms with Crippen molar-refractivity contribution < 1.29 is 18.7 Å². The van der Waals surface area contributed by atoms with Crippen LogP contribution in [0.2, 0.25) is 0 Å². The first-order valence-corrected chi connectivity index (χ1v) is 9.19. The molecule has 0 saturated carbocycles. The minimum Gasteiger partial charge on any atom is -0.479 e. The van der Waals surface area contributed by atoms with E-state index in [-0.39, 0.29) is 11.8 Å². The van der Waals surface area contributed by atoms with E-state index >= 15 is 0 Å². The van der Waals surface area contributed by atoms with Gasteiger partial charge >= 0.3 is 0 Å². The van der Waals surface area contributed by atoms with E-state index < -0.39 is 11.9 Å². The Kier molecular flexibility index (Phi) is 5.94. The lowest BCUT2D eigenvalue weighted by molar-refractivity contribution is -0.125. The van der Waals surface area contributed by atoms with Crippen molar-refractivity contribution in [2.45, 2.75) is 19.4 Å². The maximum absolute atomic E-state index is 13.0. The summed E-state index contributed by atoms with van der Waals surface area (Å²) in [6.45, 7) is 3.15. The van der Waals surface area contributed by atoms with Crippen LogP contribution in [0.5, 0.6) is 5.75 Å². The number of carbonyl (C=O) groups excluding carboxylic acids is 2. The minimum absolute atomic E-state index is 0.103. The zero-order valence-electron chi connectivity index (χ0n) is 16.2. The first-order valence-electron chi connectivity index (χ1n) is 9.19. The summed E-state index contributed by atoms with van der Waals surface area (Å²) in [6.07, 6.45) is 0.267. The molecule has 1 aliphatic heterocycles. The average Bonchev–Trinajstić information content (AvgIpc) is 2.65. The summed E-state index contributed by atoms with van der Waals surface area (Å²) < 4.78 is 18.7. The number of hydrogen-bond donors (Lipinski definition) is 1. The van der Waals surface area contributed by atoms with Crippen molar-refractivity contribution in [1.29, 1.82) is 0 Å². The summed E-state index contributed by atoms with van der Waals surface area (Å²) in [4.78, 5) is 28.8. The third-order valence-corrected chi connectivity index (χ3v) is 4.52. The molecule has 1 unspecified atom stereocenters. The lowest BCUT2D eigenvalue weighted by Crippen LogP contribution is -2.45. The fourth-order valence-electron chi connectivity index (χ4n) is 3.06. The molecule has 6 nitrogen and oxygen atoms in total.